The molecule has 3 rings (SSSR count). The van der Waals surface area contributed by atoms with Crippen LogP contribution in [0.25, 0.3) is 0 Å². The van der Waals surface area contributed by atoms with Crippen molar-refractivity contribution in [3.05, 3.63) is 83.8 Å². The summed E-state index contributed by atoms with van der Waals surface area (Å²) in [7, 11) is 0. The highest BCUT2D eigenvalue weighted by atomic mass is 16.2. The number of carbonyl (C=O) groups excluding carboxylic acids is 1. The van der Waals surface area contributed by atoms with E-state index in [-0.39, 0.29) is 5.91 Å². The number of hydrogen-bond acceptors (Lipinski definition) is 4. The normalized spacial score (nSPS) is 10.5. The van der Waals surface area contributed by atoms with E-state index in [1.54, 1.807) is 17.3 Å². The summed E-state index contributed by atoms with van der Waals surface area (Å²) < 4.78 is 0. The second-order valence-corrected chi connectivity index (χ2v) is 6.65. The Labute approximate surface area is 166 Å². The SMILES string of the molecule is CCN(Cc1ccccc1)c1cnc(C(=O)N(CC)c2cccc(C)c2)cn1. The van der Waals surface area contributed by atoms with Crippen molar-refractivity contribution in [1.29, 1.82) is 0 Å². The van der Waals surface area contributed by atoms with Gasteiger partial charge in [0, 0.05) is 25.3 Å². The highest BCUT2D eigenvalue weighted by Crippen LogP contribution is 2.19. The number of rotatable bonds is 7. The molecule has 0 N–H and O–H groups in total. The molecule has 0 saturated carbocycles. The third-order valence-corrected chi connectivity index (χ3v) is 4.65. The third-order valence-electron chi connectivity index (χ3n) is 4.65. The molecule has 0 radical (unpaired) electrons. The zero-order chi connectivity index (χ0) is 19.9. The first kappa shape index (κ1) is 19.5. The van der Waals surface area contributed by atoms with Gasteiger partial charge in [0.1, 0.15) is 11.5 Å². The summed E-state index contributed by atoms with van der Waals surface area (Å²) in [5.74, 6) is 0.625. The summed E-state index contributed by atoms with van der Waals surface area (Å²) in [4.78, 5) is 25.7. The molecule has 5 nitrogen and oxygen atoms in total. The quantitative estimate of drug-likeness (QED) is 0.612. The largest absolute Gasteiger partial charge is 0.351 e. The molecule has 0 atom stereocenters. The lowest BCUT2D eigenvalue weighted by Crippen LogP contribution is -2.31. The average Bonchev–Trinajstić information content (AvgIpc) is 2.73. The van der Waals surface area contributed by atoms with E-state index < -0.39 is 0 Å². The minimum atomic E-state index is -0.141. The van der Waals surface area contributed by atoms with Crippen LogP contribution in [0.1, 0.15) is 35.5 Å². The first-order valence-electron chi connectivity index (χ1n) is 9.61. The molecule has 144 valence electrons. The van der Waals surface area contributed by atoms with Crippen molar-refractivity contribution in [2.24, 2.45) is 0 Å². The van der Waals surface area contributed by atoms with Gasteiger partial charge in [-0.25, -0.2) is 9.97 Å². The van der Waals surface area contributed by atoms with E-state index in [2.05, 4.69) is 33.9 Å². The number of amides is 1. The lowest BCUT2D eigenvalue weighted by molar-refractivity contribution is 0.0983. The minimum absolute atomic E-state index is 0.141. The number of anilines is 2. The Morgan fingerprint density at radius 3 is 2.32 bits per heavy atom. The van der Waals surface area contributed by atoms with E-state index in [0.717, 1.165) is 30.2 Å². The van der Waals surface area contributed by atoms with Gasteiger partial charge in [0.05, 0.1) is 12.4 Å². The van der Waals surface area contributed by atoms with Gasteiger partial charge in [-0.2, -0.15) is 0 Å². The fourth-order valence-corrected chi connectivity index (χ4v) is 3.13. The summed E-state index contributed by atoms with van der Waals surface area (Å²) in [6.45, 7) is 8.19. The van der Waals surface area contributed by atoms with Gasteiger partial charge in [0.2, 0.25) is 0 Å². The standard InChI is InChI=1S/C23H26N4O/c1-4-26(17-19-11-7-6-8-12-19)22-16-24-21(15-25-22)23(28)27(5-2)20-13-9-10-18(3)14-20/h6-16H,4-5,17H2,1-3H3. The maximum absolute atomic E-state index is 12.9. The van der Waals surface area contributed by atoms with Crippen LogP contribution in [0.15, 0.2) is 67.0 Å². The Bertz CT molecular complexity index is 909. The monoisotopic (exact) mass is 374 g/mol. The van der Waals surface area contributed by atoms with Crippen molar-refractivity contribution in [3.63, 3.8) is 0 Å². The van der Waals surface area contributed by atoms with Crippen LogP contribution in [0.4, 0.5) is 11.5 Å². The topological polar surface area (TPSA) is 49.3 Å². The van der Waals surface area contributed by atoms with Gasteiger partial charge in [-0.1, -0.05) is 42.5 Å². The minimum Gasteiger partial charge on any atom is -0.351 e. The van der Waals surface area contributed by atoms with Crippen LogP contribution >= 0.6 is 0 Å². The Kier molecular flexibility index (Phi) is 6.37. The molecule has 1 heterocycles. The zero-order valence-corrected chi connectivity index (χ0v) is 16.7. The molecule has 1 amide bonds. The second-order valence-electron chi connectivity index (χ2n) is 6.65. The van der Waals surface area contributed by atoms with Crippen molar-refractivity contribution < 1.29 is 4.79 Å². The van der Waals surface area contributed by atoms with Crippen LogP contribution in [0.5, 0.6) is 0 Å². The summed E-state index contributed by atoms with van der Waals surface area (Å²) in [5.41, 5.74) is 3.55. The highest BCUT2D eigenvalue weighted by Gasteiger charge is 2.18. The van der Waals surface area contributed by atoms with E-state index in [1.165, 1.54) is 5.56 Å². The Morgan fingerprint density at radius 1 is 0.929 bits per heavy atom. The molecule has 0 aliphatic carbocycles. The van der Waals surface area contributed by atoms with Crippen molar-refractivity contribution in [3.8, 4) is 0 Å². The number of aromatic nitrogens is 2. The second kappa shape index (κ2) is 9.13. The van der Waals surface area contributed by atoms with Crippen molar-refractivity contribution in [2.75, 3.05) is 22.9 Å². The fourth-order valence-electron chi connectivity index (χ4n) is 3.13. The van der Waals surface area contributed by atoms with Gasteiger partial charge in [-0.15, -0.1) is 0 Å². The highest BCUT2D eigenvalue weighted by molar-refractivity contribution is 6.04. The number of nitrogens with zero attached hydrogens (tertiary/aromatic N) is 4. The van der Waals surface area contributed by atoms with Gasteiger partial charge in [-0.3, -0.25) is 4.79 Å². The zero-order valence-electron chi connectivity index (χ0n) is 16.7. The summed E-state index contributed by atoms with van der Waals surface area (Å²) in [5, 5.41) is 0. The van der Waals surface area contributed by atoms with E-state index in [9.17, 15) is 4.79 Å². The molecule has 28 heavy (non-hydrogen) atoms. The molecule has 0 fully saturated rings. The van der Waals surface area contributed by atoms with E-state index in [0.29, 0.717) is 12.2 Å². The smallest absolute Gasteiger partial charge is 0.278 e. The number of benzene rings is 2. The maximum atomic E-state index is 12.9. The molecule has 0 bridgehead atoms. The molecule has 2 aromatic carbocycles. The van der Waals surface area contributed by atoms with E-state index in [4.69, 9.17) is 0 Å². The van der Waals surface area contributed by atoms with Crippen molar-refractivity contribution in [1.82, 2.24) is 9.97 Å². The van der Waals surface area contributed by atoms with Gasteiger partial charge in [0.25, 0.3) is 5.91 Å². The number of hydrogen-bond donors (Lipinski definition) is 0. The van der Waals surface area contributed by atoms with Crippen LogP contribution in [0.2, 0.25) is 0 Å². The van der Waals surface area contributed by atoms with Crippen LogP contribution in [-0.2, 0) is 6.54 Å². The fraction of sp³-hybridized carbons (Fsp3) is 0.261. The molecule has 1 aromatic heterocycles. The predicted octanol–water partition coefficient (Wildman–Crippen LogP) is 4.48. The van der Waals surface area contributed by atoms with Gasteiger partial charge in [-0.05, 0) is 44.0 Å². The van der Waals surface area contributed by atoms with Crippen LogP contribution in [-0.4, -0.2) is 29.0 Å². The first-order valence-corrected chi connectivity index (χ1v) is 9.61. The average molecular weight is 374 g/mol. The predicted molar refractivity (Wildman–Crippen MR) is 114 cm³/mol. The maximum Gasteiger partial charge on any atom is 0.278 e. The summed E-state index contributed by atoms with van der Waals surface area (Å²) in [6.07, 6.45) is 3.26. The Morgan fingerprint density at radius 2 is 1.71 bits per heavy atom. The molecule has 3 aromatic rings. The van der Waals surface area contributed by atoms with E-state index >= 15 is 0 Å². The number of carbonyl (C=O) groups is 1. The molecular weight excluding hydrogens is 348 g/mol. The van der Waals surface area contributed by atoms with Crippen LogP contribution < -0.4 is 9.80 Å². The van der Waals surface area contributed by atoms with Crippen LogP contribution in [0, 0.1) is 6.92 Å². The molecular formula is C23H26N4O. The van der Waals surface area contributed by atoms with E-state index in [1.807, 2.05) is 56.3 Å². The van der Waals surface area contributed by atoms with Gasteiger partial charge in [0.15, 0.2) is 0 Å². The Balaban J connectivity index is 1.77. The Hall–Kier alpha value is -3.21. The molecule has 5 heteroatoms. The summed E-state index contributed by atoms with van der Waals surface area (Å²) in [6, 6.07) is 18.2. The number of aryl methyl sites for hydroxylation is 1. The molecule has 0 spiro atoms. The van der Waals surface area contributed by atoms with Gasteiger partial charge < -0.3 is 9.80 Å². The first-order chi connectivity index (χ1) is 13.6. The molecule has 0 unspecified atom stereocenters. The summed E-state index contributed by atoms with van der Waals surface area (Å²) >= 11 is 0. The molecule has 0 saturated heterocycles. The van der Waals surface area contributed by atoms with Crippen LogP contribution in [0.3, 0.4) is 0 Å². The van der Waals surface area contributed by atoms with Gasteiger partial charge >= 0.3 is 0 Å². The molecule has 0 aliphatic heterocycles. The molecule has 0 aliphatic rings. The lowest BCUT2D eigenvalue weighted by atomic mass is 10.2. The third kappa shape index (κ3) is 4.55. The van der Waals surface area contributed by atoms with Crippen molar-refractivity contribution in [2.45, 2.75) is 27.3 Å². The van der Waals surface area contributed by atoms with Crippen molar-refractivity contribution >= 4 is 17.4 Å². The lowest BCUT2D eigenvalue weighted by Gasteiger charge is -2.23.